The predicted octanol–water partition coefficient (Wildman–Crippen LogP) is 2.82. The molecule has 6 nitrogen and oxygen atoms in total. The molecule has 1 N–H and O–H groups in total. The Morgan fingerprint density at radius 2 is 2.17 bits per heavy atom. The van der Waals surface area contributed by atoms with Crippen LogP contribution in [0.2, 0.25) is 0 Å². The van der Waals surface area contributed by atoms with Gasteiger partial charge in [-0.15, -0.1) is 11.3 Å². The molecule has 1 aliphatic heterocycles. The summed E-state index contributed by atoms with van der Waals surface area (Å²) in [6.45, 7) is 6.27. The Labute approximate surface area is 141 Å². The first-order chi connectivity index (χ1) is 10.7. The molecule has 8 heteroatoms. The molecule has 0 aliphatic carbocycles. The van der Waals surface area contributed by atoms with E-state index in [0.29, 0.717) is 6.54 Å². The number of nitrogens with one attached hydrogen (secondary N) is 1. The molecular formula is C15H24N2O4S2. The van der Waals surface area contributed by atoms with Crippen molar-refractivity contribution in [3.8, 4) is 0 Å². The van der Waals surface area contributed by atoms with Gasteiger partial charge in [0, 0.05) is 19.1 Å². The number of hydrogen-bond acceptors (Lipinski definition) is 5. The van der Waals surface area contributed by atoms with Crippen molar-refractivity contribution in [2.75, 3.05) is 13.1 Å². The lowest BCUT2D eigenvalue weighted by atomic mass is 10.0. The number of amides is 1. The van der Waals surface area contributed by atoms with Crippen molar-refractivity contribution in [3.63, 3.8) is 0 Å². The second-order valence-electron chi connectivity index (χ2n) is 6.61. The highest BCUT2D eigenvalue weighted by Crippen LogP contribution is 2.21. The summed E-state index contributed by atoms with van der Waals surface area (Å²) >= 11 is 1.18. The van der Waals surface area contributed by atoms with E-state index in [-0.39, 0.29) is 22.9 Å². The number of carbonyl (C=O) groups is 1. The molecule has 1 aromatic rings. The van der Waals surface area contributed by atoms with Gasteiger partial charge in [0.1, 0.15) is 9.81 Å². The minimum absolute atomic E-state index is 0.173. The van der Waals surface area contributed by atoms with Gasteiger partial charge in [0.2, 0.25) is 10.0 Å². The lowest BCUT2D eigenvalue weighted by Gasteiger charge is -2.36. The number of rotatable bonds is 4. The molecule has 1 aromatic heterocycles. The van der Waals surface area contributed by atoms with Gasteiger partial charge < -0.3 is 9.64 Å². The highest BCUT2D eigenvalue weighted by molar-refractivity contribution is 7.91. The maximum absolute atomic E-state index is 12.3. The second-order valence-corrected chi connectivity index (χ2v) is 9.55. The van der Waals surface area contributed by atoms with Crippen molar-refractivity contribution in [3.05, 3.63) is 17.5 Å². The topological polar surface area (TPSA) is 75.7 Å². The lowest BCUT2D eigenvalue weighted by Crippen LogP contribution is -2.50. The van der Waals surface area contributed by atoms with Gasteiger partial charge in [0.15, 0.2) is 0 Å². The minimum Gasteiger partial charge on any atom is -0.444 e. The fourth-order valence-electron chi connectivity index (χ4n) is 2.47. The van der Waals surface area contributed by atoms with E-state index in [4.69, 9.17) is 4.74 Å². The molecule has 1 atom stereocenters. The molecule has 23 heavy (non-hydrogen) atoms. The van der Waals surface area contributed by atoms with Gasteiger partial charge >= 0.3 is 6.09 Å². The van der Waals surface area contributed by atoms with Crippen LogP contribution >= 0.6 is 11.3 Å². The Hall–Kier alpha value is -1.12. The highest BCUT2D eigenvalue weighted by atomic mass is 32.2. The molecule has 0 bridgehead atoms. The van der Waals surface area contributed by atoms with Crippen molar-refractivity contribution in [1.82, 2.24) is 9.62 Å². The Morgan fingerprint density at radius 1 is 1.43 bits per heavy atom. The van der Waals surface area contributed by atoms with Gasteiger partial charge in [-0.2, -0.15) is 0 Å². The number of sulfonamides is 1. The fraction of sp³-hybridized carbons (Fsp3) is 0.667. The standard InChI is InChI=1S/C15H24N2O4S2/c1-15(2,3)21-14(18)17-9-5-4-7-12(17)11-16-23(19,20)13-8-6-10-22-13/h6,8,10,12,16H,4-5,7,9,11H2,1-3H3/t12-/m1/s1. The van der Waals surface area contributed by atoms with Crippen LogP contribution in [0.4, 0.5) is 4.79 Å². The summed E-state index contributed by atoms with van der Waals surface area (Å²) in [5, 5.41) is 1.72. The molecule has 2 rings (SSSR count). The van der Waals surface area contributed by atoms with Crippen LogP contribution in [-0.4, -0.2) is 44.1 Å². The number of likely N-dealkylation sites (tertiary alicyclic amines) is 1. The molecule has 0 spiro atoms. The molecule has 130 valence electrons. The molecule has 0 unspecified atom stereocenters. The molecule has 0 saturated carbocycles. The predicted molar refractivity (Wildman–Crippen MR) is 90.1 cm³/mol. The molecule has 0 radical (unpaired) electrons. The van der Waals surface area contributed by atoms with Crippen molar-refractivity contribution >= 4 is 27.5 Å². The fourth-order valence-corrected chi connectivity index (χ4v) is 4.58. The van der Waals surface area contributed by atoms with Crippen LogP contribution in [0.1, 0.15) is 40.0 Å². The average Bonchev–Trinajstić information content (AvgIpc) is 2.98. The smallest absolute Gasteiger partial charge is 0.410 e. The third-order valence-corrected chi connectivity index (χ3v) is 6.35. The van der Waals surface area contributed by atoms with Gasteiger partial charge in [-0.05, 0) is 51.5 Å². The molecule has 1 amide bonds. The third kappa shape index (κ3) is 5.19. The number of ether oxygens (including phenoxy) is 1. The highest BCUT2D eigenvalue weighted by Gasteiger charge is 2.31. The summed E-state index contributed by atoms with van der Waals surface area (Å²) in [7, 11) is -3.51. The Balaban J connectivity index is 2.00. The Bertz CT molecular complexity index is 620. The van der Waals surface area contributed by atoms with Gasteiger partial charge in [-0.3, -0.25) is 0 Å². The summed E-state index contributed by atoms with van der Waals surface area (Å²) < 4.78 is 32.7. The van der Waals surface area contributed by atoms with E-state index < -0.39 is 15.6 Å². The number of piperidine rings is 1. The van der Waals surface area contributed by atoms with E-state index in [1.165, 1.54) is 11.3 Å². The molecule has 1 saturated heterocycles. The maximum atomic E-state index is 12.3. The Morgan fingerprint density at radius 3 is 2.78 bits per heavy atom. The van der Waals surface area contributed by atoms with Gasteiger partial charge in [-0.25, -0.2) is 17.9 Å². The van der Waals surface area contributed by atoms with Crippen molar-refractivity contribution in [2.24, 2.45) is 0 Å². The molecule has 2 heterocycles. The van der Waals surface area contributed by atoms with E-state index in [1.807, 2.05) is 20.8 Å². The van der Waals surface area contributed by atoms with Crippen LogP contribution in [-0.2, 0) is 14.8 Å². The van der Waals surface area contributed by atoms with Gasteiger partial charge in [-0.1, -0.05) is 6.07 Å². The maximum Gasteiger partial charge on any atom is 0.410 e. The summed E-state index contributed by atoms with van der Waals surface area (Å²) in [5.74, 6) is 0. The Kier molecular flexibility index (Phi) is 5.70. The third-order valence-electron chi connectivity index (χ3n) is 3.52. The van der Waals surface area contributed by atoms with Crippen LogP contribution < -0.4 is 4.72 Å². The molecule has 0 aromatic carbocycles. The zero-order valence-electron chi connectivity index (χ0n) is 13.7. The van der Waals surface area contributed by atoms with E-state index >= 15 is 0 Å². The zero-order valence-corrected chi connectivity index (χ0v) is 15.4. The van der Waals surface area contributed by atoms with E-state index in [9.17, 15) is 13.2 Å². The van der Waals surface area contributed by atoms with E-state index in [1.54, 1.807) is 22.4 Å². The first kappa shape index (κ1) is 18.2. The molecular weight excluding hydrogens is 336 g/mol. The quantitative estimate of drug-likeness (QED) is 0.896. The van der Waals surface area contributed by atoms with Crippen LogP contribution in [0.25, 0.3) is 0 Å². The first-order valence-corrected chi connectivity index (χ1v) is 10.1. The van der Waals surface area contributed by atoms with Crippen LogP contribution in [0.5, 0.6) is 0 Å². The average molecular weight is 361 g/mol. The largest absolute Gasteiger partial charge is 0.444 e. The summed E-state index contributed by atoms with van der Waals surface area (Å²) in [6, 6.07) is 3.10. The van der Waals surface area contributed by atoms with E-state index in [0.717, 1.165) is 19.3 Å². The van der Waals surface area contributed by atoms with Crippen LogP contribution in [0.15, 0.2) is 21.7 Å². The van der Waals surface area contributed by atoms with Crippen LogP contribution in [0.3, 0.4) is 0 Å². The zero-order chi connectivity index (χ0) is 17.1. The van der Waals surface area contributed by atoms with E-state index in [2.05, 4.69) is 4.72 Å². The number of nitrogens with zero attached hydrogens (tertiary/aromatic N) is 1. The second kappa shape index (κ2) is 7.19. The molecule has 1 fully saturated rings. The summed E-state index contributed by atoms with van der Waals surface area (Å²) in [6.07, 6.45) is 2.28. The van der Waals surface area contributed by atoms with Crippen molar-refractivity contribution in [1.29, 1.82) is 0 Å². The minimum atomic E-state index is -3.51. The number of thiophene rings is 1. The monoisotopic (exact) mass is 360 g/mol. The lowest BCUT2D eigenvalue weighted by molar-refractivity contribution is 0.0105. The molecule has 1 aliphatic rings. The summed E-state index contributed by atoms with van der Waals surface area (Å²) in [5.41, 5.74) is -0.560. The van der Waals surface area contributed by atoms with Gasteiger partial charge in [0.25, 0.3) is 0 Å². The number of hydrogen-bond donors (Lipinski definition) is 1. The van der Waals surface area contributed by atoms with Crippen molar-refractivity contribution < 1.29 is 17.9 Å². The van der Waals surface area contributed by atoms with Gasteiger partial charge in [0.05, 0.1) is 0 Å². The van der Waals surface area contributed by atoms with Crippen LogP contribution in [0, 0.1) is 0 Å². The first-order valence-electron chi connectivity index (χ1n) is 7.72. The normalized spacial score (nSPS) is 19.6. The SMILES string of the molecule is CC(C)(C)OC(=O)N1CCCC[C@@H]1CNS(=O)(=O)c1cccs1. The number of carbonyl (C=O) groups excluding carboxylic acids is 1. The van der Waals surface area contributed by atoms with Crippen molar-refractivity contribution in [2.45, 2.75) is 55.9 Å². The summed E-state index contributed by atoms with van der Waals surface area (Å²) in [4.78, 5) is 14.0.